The zero-order valence-electron chi connectivity index (χ0n) is 16.0. The number of sulfonamides is 1. The molecular formula is C21H21N3O4S. The van der Waals surface area contributed by atoms with Gasteiger partial charge in [-0.1, -0.05) is 30.3 Å². The van der Waals surface area contributed by atoms with Gasteiger partial charge in [0.25, 0.3) is 5.91 Å². The van der Waals surface area contributed by atoms with E-state index in [4.69, 9.17) is 0 Å². The van der Waals surface area contributed by atoms with Crippen molar-refractivity contribution in [1.29, 1.82) is 0 Å². The summed E-state index contributed by atoms with van der Waals surface area (Å²) >= 11 is 0. The van der Waals surface area contributed by atoms with Gasteiger partial charge in [-0.3, -0.25) is 9.59 Å². The molecule has 0 saturated carbocycles. The second-order valence-electron chi connectivity index (χ2n) is 7.05. The van der Waals surface area contributed by atoms with Crippen LogP contribution < -0.4 is 0 Å². The molecule has 29 heavy (non-hydrogen) atoms. The number of carbonyl (C=O) groups excluding carboxylic acids is 2. The molecule has 1 aliphatic rings. The summed E-state index contributed by atoms with van der Waals surface area (Å²) in [6.07, 6.45) is 0. The maximum Gasteiger partial charge on any atom is 0.270 e. The van der Waals surface area contributed by atoms with E-state index in [1.165, 1.54) is 35.5 Å². The van der Waals surface area contributed by atoms with Gasteiger partial charge < -0.3 is 9.88 Å². The van der Waals surface area contributed by atoms with Crippen molar-refractivity contribution in [3.8, 4) is 0 Å². The number of Topliss-reactive ketones (excluding diaryl/α,β-unsaturated/α-hetero) is 1. The van der Waals surface area contributed by atoms with Crippen LogP contribution in [0.1, 0.15) is 27.8 Å². The number of benzene rings is 2. The van der Waals surface area contributed by atoms with Crippen molar-refractivity contribution in [3.63, 3.8) is 0 Å². The first-order valence-electron chi connectivity index (χ1n) is 9.34. The van der Waals surface area contributed by atoms with Gasteiger partial charge in [-0.05, 0) is 31.2 Å². The fourth-order valence-corrected chi connectivity index (χ4v) is 4.92. The summed E-state index contributed by atoms with van der Waals surface area (Å²) in [6.45, 7) is 2.52. The van der Waals surface area contributed by atoms with Gasteiger partial charge in [0.1, 0.15) is 5.69 Å². The van der Waals surface area contributed by atoms with Gasteiger partial charge in [0.15, 0.2) is 5.78 Å². The van der Waals surface area contributed by atoms with E-state index in [0.717, 1.165) is 10.9 Å². The molecule has 0 radical (unpaired) electrons. The fraction of sp³-hybridized carbons (Fsp3) is 0.238. The molecule has 1 aromatic heterocycles. The van der Waals surface area contributed by atoms with Gasteiger partial charge in [-0.15, -0.1) is 0 Å². The number of ketones is 1. The van der Waals surface area contributed by atoms with Crippen LogP contribution in [0.25, 0.3) is 10.9 Å². The lowest BCUT2D eigenvalue weighted by atomic mass is 10.2. The molecule has 1 N–H and O–H groups in total. The monoisotopic (exact) mass is 411 g/mol. The molecule has 3 aromatic rings. The average molecular weight is 411 g/mol. The Hall–Kier alpha value is -2.97. The summed E-state index contributed by atoms with van der Waals surface area (Å²) < 4.78 is 27.1. The van der Waals surface area contributed by atoms with Gasteiger partial charge in [-0.25, -0.2) is 8.42 Å². The molecule has 1 saturated heterocycles. The molecule has 1 aliphatic heterocycles. The molecule has 150 valence electrons. The number of hydrogen-bond acceptors (Lipinski definition) is 4. The van der Waals surface area contributed by atoms with E-state index in [0.29, 0.717) is 24.3 Å². The summed E-state index contributed by atoms with van der Waals surface area (Å²) in [4.78, 5) is 29.1. The van der Waals surface area contributed by atoms with E-state index in [-0.39, 0.29) is 29.7 Å². The Balaban J connectivity index is 1.45. The Labute approximate surface area is 169 Å². The number of hydrogen-bond donors (Lipinski definition) is 1. The van der Waals surface area contributed by atoms with E-state index in [1.807, 2.05) is 30.3 Å². The van der Waals surface area contributed by atoms with Gasteiger partial charge in [0.05, 0.1) is 4.90 Å². The molecule has 2 aromatic carbocycles. The smallest absolute Gasteiger partial charge is 0.270 e. The molecule has 7 nitrogen and oxygen atoms in total. The van der Waals surface area contributed by atoms with Gasteiger partial charge in [-0.2, -0.15) is 4.31 Å². The van der Waals surface area contributed by atoms with Crippen molar-refractivity contribution < 1.29 is 18.0 Å². The Kier molecular flexibility index (Phi) is 4.97. The van der Waals surface area contributed by atoms with Crippen LogP contribution in [0, 0.1) is 0 Å². The van der Waals surface area contributed by atoms with E-state index in [2.05, 4.69) is 4.98 Å². The molecule has 2 heterocycles. The molecule has 0 unspecified atom stereocenters. The zero-order chi connectivity index (χ0) is 20.6. The third-order valence-electron chi connectivity index (χ3n) is 5.18. The lowest BCUT2D eigenvalue weighted by molar-refractivity contribution is 0.0693. The Bertz CT molecular complexity index is 1140. The maximum atomic E-state index is 12.9. The first-order valence-corrected chi connectivity index (χ1v) is 10.8. The van der Waals surface area contributed by atoms with E-state index in [9.17, 15) is 18.0 Å². The SMILES string of the molecule is CC(=O)c1ccc(S(=O)(=O)N2CCN(C(=O)c3cc4ccccc4[nH]3)CC2)cc1. The topological polar surface area (TPSA) is 90.6 Å². The minimum Gasteiger partial charge on any atom is -0.351 e. The normalized spacial score (nSPS) is 15.6. The third-order valence-corrected chi connectivity index (χ3v) is 7.10. The summed E-state index contributed by atoms with van der Waals surface area (Å²) in [5, 5.41) is 0.964. The standard InChI is InChI=1S/C21H21N3O4S/c1-15(25)16-6-8-18(9-7-16)29(27,28)24-12-10-23(11-13-24)21(26)20-14-17-4-2-3-5-19(17)22-20/h2-9,14,22H,10-13H2,1H3. The highest BCUT2D eigenvalue weighted by atomic mass is 32.2. The number of aromatic amines is 1. The number of aromatic nitrogens is 1. The van der Waals surface area contributed by atoms with Crippen molar-refractivity contribution >= 4 is 32.6 Å². The van der Waals surface area contributed by atoms with Crippen LogP contribution in [0.5, 0.6) is 0 Å². The number of para-hydroxylation sites is 1. The van der Waals surface area contributed by atoms with Gasteiger partial charge >= 0.3 is 0 Å². The summed E-state index contributed by atoms with van der Waals surface area (Å²) in [7, 11) is -3.66. The predicted octanol–water partition coefficient (Wildman–Crippen LogP) is 2.52. The number of carbonyl (C=O) groups is 2. The van der Waals surface area contributed by atoms with Crippen molar-refractivity contribution in [3.05, 3.63) is 65.9 Å². The number of piperazine rings is 1. The minimum atomic E-state index is -3.66. The maximum absolute atomic E-state index is 12.9. The van der Waals surface area contributed by atoms with Crippen LogP contribution in [-0.4, -0.2) is 60.5 Å². The van der Waals surface area contributed by atoms with E-state index < -0.39 is 10.0 Å². The predicted molar refractivity (Wildman–Crippen MR) is 109 cm³/mol. The number of H-pyrrole nitrogens is 1. The third kappa shape index (κ3) is 3.68. The number of nitrogens with zero attached hydrogens (tertiary/aromatic N) is 2. The van der Waals surface area contributed by atoms with Gasteiger partial charge in [0.2, 0.25) is 10.0 Å². The Morgan fingerprint density at radius 3 is 2.21 bits per heavy atom. The average Bonchev–Trinajstić information content (AvgIpc) is 3.17. The first kappa shape index (κ1) is 19.4. The molecule has 4 rings (SSSR count). The van der Waals surface area contributed by atoms with Crippen molar-refractivity contribution in [2.75, 3.05) is 26.2 Å². The van der Waals surface area contributed by atoms with Crippen molar-refractivity contribution in [2.45, 2.75) is 11.8 Å². The molecule has 0 bridgehead atoms. The van der Waals surface area contributed by atoms with E-state index in [1.54, 1.807) is 4.90 Å². The summed E-state index contributed by atoms with van der Waals surface area (Å²) in [5.74, 6) is -0.248. The number of fused-ring (bicyclic) bond motifs is 1. The zero-order valence-corrected chi connectivity index (χ0v) is 16.8. The minimum absolute atomic E-state index is 0.113. The Morgan fingerprint density at radius 1 is 0.931 bits per heavy atom. The summed E-state index contributed by atoms with van der Waals surface area (Å²) in [6, 6.07) is 15.4. The number of rotatable bonds is 4. The highest BCUT2D eigenvalue weighted by molar-refractivity contribution is 7.89. The molecule has 8 heteroatoms. The molecule has 0 aliphatic carbocycles. The van der Waals surface area contributed by atoms with Crippen LogP contribution in [-0.2, 0) is 10.0 Å². The van der Waals surface area contributed by atoms with Gasteiger partial charge in [0, 0.05) is 42.6 Å². The second-order valence-corrected chi connectivity index (χ2v) is 8.99. The molecule has 1 fully saturated rings. The van der Waals surface area contributed by atoms with Crippen molar-refractivity contribution in [1.82, 2.24) is 14.2 Å². The second kappa shape index (κ2) is 7.46. The molecule has 1 amide bonds. The molecule has 0 atom stereocenters. The van der Waals surface area contributed by atoms with Crippen LogP contribution >= 0.6 is 0 Å². The van der Waals surface area contributed by atoms with Crippen molar-refractivity contribution in [2.24, 2.45) is 0 Å². The van der Waals surface area contributed by atoms with Crippen LogP contribution in [0.15, 0.2) is 59.5 Å². The lowest BCUT2D eigenvalue weighted by Gasteiger charge is -2.33. The number of amides is 1. The highest BCUT2D eigenvalue weighted by Crippen LogP contribution is 2.20. The van der Waals surface area contributed by atoms with E-state index >= 15 is 0 Å². The first-order chi connectivity index (χ1) is 13.9. The quantitative estimate of drug-likeness (QED) is 0.668. The fourth-order valence-electron chi connectivity index (χ4n) is 3.50. The van der Waals surface area contributed by atoms with Crippen LogP contribution in [0.2, 0.25) is 0 Å². The summed E-state index contributed by atoms with van der Waals surface area (Å²) in [5.41, 5.74) is 1.87. The van der Waals surface area contributed by atoms with Crippen LogP contribution in [0.3, 0.4) is 0 Å². The largest absolute Gasteiger partial charge is 0.351 e. The lowest BCUT2D eigenvalue weighted by Crippen LogP contribution is -2.50. The van der Waals surface area contributed by atoms with Crippen LogP contribution in [0.4, 0.5) is 0 Å². The molecule has 0 spiro atoms. The number of nitrogens with one attached hydrogen (secondary N) is 1. The Morgan fingerprint density at radius 2 is 1.59 bits per heavy atom. The molecular weight excluding hydrogens is 390 g/mol. The highest BCUT2D eigenvalue weighted by Gasteiger charge is 2.30.